The first-order chi connectivity index (χ1) is 8.99. The van der Waals surface area contributed by atoms with Crippen LogP contribution in [0.4, 0.5) is 14.5 Å². The van der Waals surface area contributed by atoms with Crippen molar-refractivity contribution in [2.24, 2.45) is 16.8 Å². The van der Waals surface area contributed by atoms with Gasteiger partial charge in [0.05, 0.1) is 11.6 Å². The number of nitrogens with zero attached hydrogens (tertiary/aromatic N) is 1. The summed E-state index contributed by atoms with van der Waals surface area (Å²) in [5.74, 6) is -3.34. The minimum absolute atomic E-state index is 0.154. The van der Waals surface area contributed by atoms with Crippen molar-refractivity contribution >= 4 is 17.4 Å². The molecule has 1 amide bonds. The van der Waals surface area contributed by atoms with Gasteiger partial charge in [0.1, 0.15) is 11.6 Å². The van der Waals surface area contributed by atoms with Crippen molar-refractivity contribution in [3.8, 4) is 0 Å². The maximum absolute atomic E-state index is 13.4. The molecule has 1 aromatic rings. The van der Waals surface area contributed by atoms with Crippen LogP contribution in [-0.4, -0.2) is 17.0 Å². The minimum Gasteiger partial charge on any atom is -0.409 e. The van der Waals surface area contributed by atoms with Crippen LogP contribution in [0, 0.1) is 17.6 Å². The number of nitrogens with two attached hydrogens (primary N) is 1. The lowest BCUT2D eigenvalue weighted by Crippen LogP contribution is -2.34. The predicted octanol–water partition coefficient (Wildman–Crippen LogP) is 2.07. The quantitative estimate of drug-likeness (QED) is 0.331. The first-order valence-electron chi connectivity index (χ1n) is 5.73. The van der Waals surface area contributed by atoms with Crippen molar-refractivity contribution in [1.82, 2.24) is 0 Å². The summed E-state index contributed by atoms with van der Waals surface area (Å²) in [6.45, 7) is 1.82. The van der Waals surface area contributed by atoms with E-state index in [9.17, 15) is 13.6 Å². The summed E-state index contributed by atoms with van der Waals surface area (Å²) in [5.41, 5.74) is 5.25. The zero-order valence-electron chi connectivity index (χ0n) is 10.4. The highest BCUT2D eigenvalue weighted by Gasteiger charge is 2.23. The van der Waals surface area contributed by atoms with Crippen LogP contribution < -0.4 is 11.1 Å². The van der Waals surface area contributed by atoms with E-state index in [-0.39, 0.29) is 11.5 Å². The second-order valence-corrected chi connectivity index (χ2v) is 3.98. The zero-order valence-corrected chi connectivity index (χ0v) is 10.4. The van der Waals surface area contributed by atoms with E-state index < -0.39 is 23.5 Å². The number of rotatable bonds is 5. The lowest BCUT2D eigenvalue weighted by Gasteiger charge is -2.14. The molecule has 0 aliphatic rings. The van der Waals surface area contributed by atoms with Gasteiger partial charge in [0.2, 0.25) is 5.91 Å². The summed E-state index contributed by atoms with van der Waals surface area (Å²) in [7, 11) is 0. The van der Waals surface area contributed by atoms with Crippen molar-refractivity contribution in [3.05, 3.63) is 29.8 Å². The van der Waals surface area contributed by atoms with E-state index in [1.807, 2.05) is 6.92 Å². The molecule has 1 rings (SSSR count). The average Bonchev–Trinajstić information content (AvgIpc) is 2.38. The maximum Gasteiger partial charge on any atom is 0.235 e. The molecule has 0 fully saturated rings. The summed E-state index contributed by atoms with van der Waals surface area (Å²) in [5, 5.41) is 13.7. The Hall–Kier alpha value is -2.18. The van der Waals surface area contributed by atoms with Crippen LogP contribution in [0.15, 0.2) is 23.4 Å². The topological polar surface area (TPSA) is 87.7 Å². The molecule has 0 bridgehead atoms. The van der Waals surface area contributed by atoms with Gasteiger partial charge in [-0.1, -0.05) is 18.5 Å². The molecule has 0 heterocycles. The fourth-order valence-corrected chi connectivity index (χ4v) is 1.58. The fourth-order valence-electron chi connectivity index (χ4n) is 1.58. The van der Waals surface area contributed by atoms with E-state index in [0.29, 0.717) is 18.9 Å². The van der Waals surface area contributed by atoms with Crippen LogP contribution >= 0.6 is 0 Å². The summed E-state index contributed by atoms with van der Waals surface area (Å²) in [4.78, 5) is 11.9. The Kier molecular flexibility index (Phi) is 5.23. The lowest BCUT2D eigenvalue weighted by atomic mass is 10.0. The zero-order chi connectivity index (χ0) is 14.4. The van der Waals surface area contributed by atoms with Crippen molar-refractivity contribution < 1.29 is 18.8 Å². The molecule has 7 heteroatoms. The molecule has 5 nitrogen and oxygen atoms in total. The predicted molar refractivity (Wildman–Crippen MR) is 66.8 cm³/mol. The Morgan fingerprint density at radius 2 is 2.21 bits per heavy atom. The number of hydrogen-bond donors (Lipinski definition) is 3. The lowest BCUT2D eigenvalue weighted by molar-refractivity contribution is -0.118. The molecule has 0 spiro atoms. The van der Waals surface area contributed by atoms with Crippen molar-refractivity contribution in [2.45, 2.75) is 19.8 Å². The largest absolute Gasteiger partial charge is 0.409 e. The molecule has 0 aliphatic heterocycles. The first-order valence-corrected chi connectivity index (χ1v) is 5.73. The van der Waals surface area contributed by atoms with Crippen LogP contribution in [0.2, 0.25) is 0 Å². The molecule has 1 aromatic carbocycles. The van der Waals surface area contributed by atoms with E-state index in [1.54, 1.807) is 0 Å². The number of anilines is 1. The number of hydrogen-bond acceptors (Lipinski definition) is 3. The van der Waals surface area contributed by atoms with Gasteiger partial charge in [0, 0.05) is 6.07 Å². The molecule has 0 aliphatic carbocycles. The second-order valence-electron chi connectivity index (χ2n) is 3.98. The van der Waals surface area contributed by atoms with E-state index in [2.05, 4.69) is 10.5 Å². The third-order valence-corrected chi connectivity index (χ3v) is 2.56. The van der Waals surface area contributed by atoms with Crippen LogP contribution in [0.25, 0.3) is 0 Å². The summed E-state index contributed by atoms with van der Waals surface area (Å²) < 4.78 is 26.1. The standard InChI is InChI=1S/C12H15F2N3O2/c1-2-3-8(11(15)17-19)12(18)16-10-5-4-7(13)6-9(10)14/h4-6,8,19H,2-3H2,1H3,(H2,15,17)(H,16,18). The van der Waals surface area contributed by atoms with Gasteiger partial charge in [-0.15, -0.1) is 0 Å². The number of oxime groups is 1. The normalized spacial score (nSPS) is 13.1. The van der Waals surface area contributed by atoms with Gasteiger partial charge in [-0.3, -0.25) is 4.79 Å². The van der Waals surface area contributed by atoms with Gasteiger partial charge in [-0.2, -0.15) is 0 Å². The number of halogens is 2. The van der Waals surface area contributed by atoms with Crippen LogP contribution in [0.3, 0.4) is 0 Å². The maximum atomic E-state index is 13.4. The van der Waals surface area contributed by atoms with Gasteiger partial charge in [0.15, 0.2) is 5.84 Å². The third-order valence-electron chi connectivity index (χ3n) is 2.56. The van der Waals surface area contributed by atoms with Crippen molar-refractivity contribution in [1.29, 1.82) is 0 Å². The molecule has 1 atom stereocenters. The van der Waals surface area contributed by atoms with Crippen LogP contribution in [0.5, 0.6) is 0 Å². The second kappa shape index (κ2) is 6.67. The molecule has 104 valence electrons. The number of amidine groups is 1. The summed E-state index contributed by atoms with van der Waals surface area (Å²) in [6, 6.07) is 2.79. The van der Waals surface area contributed by atoms with Crippen molar-refractivity contribution in [2.75, 3.05) is 5.32 Å². The number of amides is 1. The van der Waals surface area contributed by atoms with E-state index >= 15 is 0 Å². The van der Waals surface area contributed by atoms with E-state index in [1.165, 1.54) is 0 Å². The Bertz CT molecular complexity index is 492. The molecular weight excluding hydrogens is 256 g/mol. The Morgan fingerprint density at radius 1 is 1.53 bits per heavy atom. The highest BCUT2D eigenvalue weighted by molar-refractivity contribution is 6.07. The van der Waals surface area contributed by atoms with Gasteiger partial charge < -0.3 is 16.3 Å². The molecule has 0 radical (unpaired) electrons. The number of carbonyl (C=O) groups is 1. The first kappa shape index (κ1) is 14.9. The number of carbonyl (C=O) groups excluding carboxylic acids is 1. The smallest absolute Gasteiger partial charge is 0.235 e. The molecule has 1 unspecified atom stereocenters. The minimum atomic E-state index is -0.886. The average molecular weight is 271 g/mol. The SMILES string of the molecule is CCCC(C(=O)Nc1ccc(F)cc1F)C(N)=NO. The molecule has 0 saturated carbocycles. The van der Waals surface area contributed by atoms with E-state index in [0.717, 1.165) is 12.1 Å². The third kappa shape index (κ3) is 3.90. The summed E-state index contributed by atoms with van der Waals surface area (Å²) >= 11 is 0. The van der Waals surface area contributed by atoms with Crippen molar-refractivity contribution in [3.63, 3.8) is 0 Å². The fraction of sp³-hybridized carbons (Fsp3) is 0.333. The number of benzene rings is 1. The van der Waals surface area contributed by atoms with Gasteiger partial charge in [-0.25, -0.2) is 8.78 Å². The molecule has 19 heavy (non-hydrogen) atoms. The molecule has 4 N–H and O–H groups in total. The molecule has 0 saturated heterocycles. The van der Waals surface area contributed by atoms with Gasteiger partial charge >= 0.3 is 0 Å². The highest BCUT2D eigenvalue weighted by Crippen LogP contribution is 2.17. The molecule has 0 aromatic heterocycles. The monoisotopic (exact) mass is 271 g/mol. The van der Waals surface area contributed by atoms with Crippen LogP contribution in [0.1, 0.15) is 19.8 Å². The highest BCUT2D eigenvalue weighted by atomic mass is 19.1. The van der Waals surface area contributed by atoms with Crippen LogP contribution in [-0.2, 0) is 4.79 Å². The summed E-state index contributed by atoms with van der Waals surface area (Å²) in [6.07, 6.45) is 0.977. The van der Waals surface area contributed by atoms with Gasteiger partial charge in [-0.05, 0) is 18.6 Å². The van der Waals surface area contributed by atoms with E-state index in [4.69, 9.17) is 10.9 Å². The molecular formula is C12H15F2N3O2. The Labute approximate surface area is 109 Å². The van der Waals surface area contributed by atoms with Gasteiger partial charge in [0.25, 0.3) is 0 Å². The number of nitrogens with one attached hydrogen (secondary N) is 1. The Morgan fingerprint density at radius 3 is 2.74 bits per heavy atom. The Balaban J connectivity index is 2.87.